The molecule has 0 fully saturated rings. The van der Waals surface area contributed by atoms with Crippen molar-refractivity contribution < 1.29 is 13.2 Å². The van der Waals surface area contributed by atoms with E-state index in [2.05, 4.69) is 16.9 Å². The monoisotopic (exact) mass is 328 g/mol. The molecule has 1 heterocycles. The van der Waals surface area contributed by atoms with Crippen molar-refractivity contribution in [2.24, 2.45) is 4.99 Å². The zero-order valence-corrected chi connectivity index (χ0v) is 12.8. The predicted molar refractivity (Wildman–Crippen MR) is 89.4 cm³/mol. The predicted octanol–water partition coefficient (Wildman–Crippen LogP) is 4.52. The summed E-state index contributed by atoms with van der Waals surface area (Å²) in [7, 11) is 0. The van der Waals surface area contributed by atoms with Gasteiger partial charge >= 0.3 is 0 Å². The Morgan fingerprint density at radius 2 is 1.83 bits per heavy atom. The van der Waals surface area contributed by atoms with Gasteiger partial charge in [-0.1, -0.05) is 36.9 Å². The molecule has 24 heavy (non-hydrogen) atoms. The third-order valence-electron chi connectivity index (χ3n) is 3.83. The minimum Gasteiger partial charge on any atom is -0.346 e. The Kier molecular flexibility index (Phi) is 4.51. The maximum Gasteiger partial charge on any atom is 0.132 e. The number of amidine groups is 1. The van der Waals surface area contributed by atoms with Crippen LogP contribution in [-0.2, 0) is 6.67 Å². The van der Waals surface area contributed by atoms with Crippen molar-refractivity contribution in [3.63, 3.8) is 0 Å². The smallest absolute Gasteiger partial charge is 0.132 e. The van der Waals surface area contributed by atoms with Gasteiger partial charge < -0.3 is 5.32 Å². The molecule has 0 atom stereocenters. The largest absolute Gasteiger partial charge is 0.346 e. The first-order chi connectivity index (χ1) is 11.6. The van der Waals surface area contributed by atoms with Crippen LogP contribution in [0.25, 0.3) is 11.1 Å². The summed E-state index contributed by atoms with van der Waals surface area (Å²) in [5, 5.41) is 3.00. The van der Waals surface area contributed by atoms with Crippen LogP contribution in [-0.4, -0.2) is 12.4 Å². The quantitative estimate of drug-likeness (QED) is 0.877. The van der Waals surface area contributed by atoms with Gasteiger partial charge in [0.25, 0.3) is 0 Å². The Morgan fingerprint density at radius 3 is 2.42 bits per heavy atom. The zero-order chi connectivity index (χ0) is 17.1. The van der Waals surface area contributed by atoms with Gasteiger partial charge in [-0.2, -0.15) is 0 Å². The van der Waals surface area contributed by atoms with Crippen molar-refractivity contribution >= 4 is 5.84 Å². The second-order valence-electron chi connectivity index (χ2n) is 5.37. The van der Waals surface area contributed by atoms with Crippen LogP contribution in [0.15, 0.2) is 65.8 Å². The highest BCUT2D eigenvalue weighted by molar-refractivity contribution is 6.00. The Labute approximate surface area is 138 Å². The summed E-state index contributed by atoms with van der Waals surface area (Å²) in [4.78, 5) is 4.33. The van der Waals surface area contributed by atoms with Gasteiger partial charge in [0, 0.05) is 22.9 Å². The number of nitrogens with zero attached hydrogens (tertiary/aromatic N) is 1. The second-order valence-corrected chi connectivity index (χ2v) is 5.37. The van der Waals surface area contributed by atoms with Gasteiger partial charge in [-0.05, 0) is 23.3 Å². The Bertz CT molecular complexity index is 854. The van der Waals surface area contributed by atoms with E-state index in [1.165, 1.54) is 18.2 Å². The van der Waals surface area contributed by atoms with Crippen molar-refractivity contribution in [1.29, 1.82) is 0 Å². The maximum absolute atomic E-state index is 14.4. The number of hydrogen-bond donors (Lipinski definition) is 1. The molecule has 0 aliphatic carbocycles. The van der Waals surface area contributed by atoms with Crippen molar-refractivity contribution in [3.8, 4) is 11.1 Å². The number of benzene rings is 2. The summed E-state index contributed by atoms with van der Waals surface area (Å²) in [6, 6.07) is 8.58. The summed E-state index contributed by atoms with van der Waals surface area (Å²) in [5.74, 6) is -0.619. The van der Waals surface area contributed by atoms with Crippen molar-refractivity contribution in [2.75, 3.05) is 6.54 Å². The van der Waals surface area contributed by atoms with Gasteiger partial charge in [0.15, 0.2) is 0 Å². The molecule has 0 radical (unpaired) electrons. The number of halogens is 3. The van der Waals surface area contributed by atoms with Crippen LogP contribution < -0.4 is 5.32 Å². The standard InChI is InChI=1S/C19H15F3N2/c1-2-12-10-23-19(24-11-12)14-5-6-16(18(22)8-14)13-3-4-15(9-20)17(21)7-13/h2-8,10H,1,9,11H2,(H,23,24). The number of hydrogen-bond acceptors (Lipinski definition) is 2. The normalized spacial score (nSPS) is 13.8. The van der Waals surface area contributed by atoms with Crippen molar-refractivity contribution in [3.05, 3.63) is 83.6 Å². The lowest BCUT2D eigenvalue weighted by molar-refractivity contribution is 0.464. The minimum absolute atomic E-state index is 0.0404. The van der Waals surface area contributed by atoms with E-state index < -0.39 is 18.3 Å². The Balaban J connectivity index is 1.89. The first-order valence-electron chi connectivity index (χ1n) is 7.39. The lowest BCUT2D eigenvalue weighted by Gasteiger charge is -2.14. The lowest BCUT2D eigenvalue weighted by Crippen LogP contribution is -2.23. The van der Waals surface area contributed by atoms with E-state index in [0.29, 0.717) is 23.5 Å². The fourth-order valence-corrected chi connectivity index (χ4v) is 2.44. The van der Waals surface area contributed by atoms with Crippen LogP contribution in [0.1, 0.15) is 11.1 Å². The molecule has 0 saturated heterocycles. The second kappa shape index (κ2) is 6.74. The van der Waals surface area contributed by atoms with Crippen LogP contribution in [0.5, 0.6) is 0 Å². The highest BCUT2D eigenvalue weighted by Gasteiger charge is 2.13. The molecular formula is C19H15F3N2. The fourth-order valence-electron chi connectivity index (χ4n) is 2.44. The summed E-state index contributed by atoms with van der Waals surface area (Å²) < 4.78 is 40.7. The van der Waals surface area contributed by atoms with E-state index in [0.717, 1.165) is 11.6 Å². The SMILES string of the molecule is C=CC1=CNC(c2ccc(-c3ccc(CF)c(F)c3)c(F)c2)=NC1. The number of aliphatic imine (C=N–C) groups is 1. The summed E-state index contributed by atoms with van der Waals surface area (Å²) >= 11 is 0. The van der Waals surface area contributed by atoms with Gasteiger partial charge in [0.2, 0.25) is 0 Å². The van der Waals surface area contributed by atoms with Gasteiger partial charge in [-0.15, -0.1) is 0 Å². The molecule has 3 rings (SSSR count). The molecular weight excluding hydrogens is 313 g/mol. The maximum atomic E-state index is 14.4. The highest BCUT2D eigenvalue weighted by atomic mass is 19.1. The molecule has 0 bridgehead atoms. The minimum atomic E-state index is -0.890. The molecule has 0 amide bonds. The van der Waals surface area contributed by atoms with E-state index >= 15 is 0 Å². The van der Waals surface area contributed by atoms with Crippen LogP contribution in [0.2, 0.25) is 0 Å². The molecule has 2 aromatic rings. The average molecular weight is 328 g/mol. The molecule has 122 valence electrons. The van der Waals surface area contributed by atoms with Crippen LogP contribution in [0, 0.1) is 11.6 Å². The molecule has 2 aromatic carbocycles. The molecule has 0 spiro atoms. The van der Waals surface area contributed by atoms with Crippen molar-refractivity contribution in [1.82, 2.24) is 5.32 Å². The third-order valence-corrected chi connectivity index (χ3v) is 3.83. The summed E-state index contributed by atoms with van der Waals surface area (Å²) in [6.45, 7) is 3.26. The highest BCUT2D eigenvalue weighted by Crippen LogP contribution is 2.26. The van der Waals surface area contributed by atoms with E-state index in [1.807, 2.05) is 0 Å². The molecule has 2 nitrogen and oxygen atoms in total. The van der Waals surface area contributed by atoms with E-state index in [9.17, 15) is 13.2 Å². The molecule has 0 aromatic heterocycles. The number of nitrogens with one attached hydrogen (secondary N) is 1. The molecule has 5 heteroatoms. The Morgan fingerprint density at radius 1 is 1.08 bits per heavy atom. The molecule has 0 unspecified atom stereocenters. The number of rotatable bonds is 4. The Hall–Kier alpha value is -2.82. The fraction of sp³-hybridized carbons (Fsp3) is 0.105. The van der Waals surface area contributed by atoms with E-state index in [1.54, 1.807) is 24.4 Å². The molecule has 1 aliphatic heterocycles. The first-order valence-corrected chi connectivity index (χ1v) is 7.39. The van der Waals surface area contributed by atoms with Crippen LogP contribution in [0.3, 0.4) is 0 Å². The summed E-state index contributed by atoms with van der Waals surface area (Å²) in [6.07, 6.45) is 3.47. The van der Waals surface area contributed by atoms with Gasteiger partial charge in [0.05, 0.1) is 6.54 Å². The van der Waals surface area contributed by atoms with Gasteiger partial charge in [0.1, 0.15) is 24.1 Å². The third kappa shape index (κ3) is 3.11. The van der Waals surface area contributed by atoms with Gasteiger partial charge in [-0.25, -0.2) is 13.2 Å². The molecule has 1 aliphatic rings. The molecule has 0 saturated carbocycles. The first kappa shape index (κ1) is 16.1. The molecule has 1 N–H and O–H groups in total. The summed E-state index contributed by atoms with van der Waals surface area (Å²) in [5.41, 5.74) is 2.11. The number of alkyl halides is 1. The zero-order valence-electron chi connectivity index (χ0n) is 12.8. The van der Waals surface area contributed by atoms with Crippen LogP contribution in [0.4, 0.5) is 13.2 Å². The topological polar surface area (TPSA) is 24.4 Å². The van der Waals surface area contributed by atoms with E-state index in [4.69, 9.17) is 0 Å². The average Bonchev–Trinajstić information content (AvgIpc) is 2.61. The van der Waals surface area contributed by atoms with Crippen LogP contribution >= 0.6 is 0 Å². The van der Waals surface area contributed by atoms with Gasteiger partial charge in [-0.3, -0.25) is 4.99 Å². The lowest BCUT2D eigenvalue weighted by atomic mass is 10.0. The van der Waals surface area contributed by atoms with E-state index in [-0.39, 0.29) is 11.1 Å². The van der Waals surface area contributed by atoms with Crippen molar-refractivity contribution in [2.45, 2.75) is 6.67 Å².